The predicted molar refractivity (Wildman–Crippen MR) is 104 cm³/mol. The molecule has 0 saturated carbocycles. The van der Waals surface area contributed by atoms with Crippen LogP contribution in [0.25, 0.3) is 0 Å². The normalized spacial score (nSPS) is 17.5. The van der Waals surface area contributed by atoms with Gasteiger partial charge in [0, 0.05) is 51.5 Å². The molecule has 0 aliphatic carbocycles. The van der Waals surface area contributed by atoms with E-state index in [2.05, 4.69) is 19.8 Å². The molecule has 4 rings (SSSR count). The molecule has 7 nitrogen and oxygen atoms in total. The van der Waals surface area contributed by atoms with E-state index < -0.39 is 11.6 Å². The summed E-state index contributed by atoms with van der Waals surface area (Å²) in [6.07, 6.45) is 1.68. The van der Waals surface area contributed by atoms with Crippen LogP contribution in [0.3, 0.4) is 0 Å². The van der Waals surface area contributed by atoms with Crippen LogP contribution >= 0.6 is 0 Å². The minimum atomic E-state index is -0.686. The molecule has 0 unspecified atom stereocenters. The van der Waals surface area contributed by atoms with Gasteiger partial charge in [-0.3, -0.25) is 4.79 Å². The molecule has 3 heterocycles. The Labute approximate surface area is 167 Å². The summed E-state index contributed by atoms with van der Waals surface area (Å²) in [6, 6.07) is 5.18. The molecule has 0 radical (unpaired) electrons. The zero-order chi connectivity index (χ0) is 20.2. The molecular weight excluding hydrogens is 380 g/mol. The summed E-state index contributed by atoms with van der Waals surface area (Å²) in [5.41, 5.74) is 0.213. The standard InChI is InChI=1S/C20H23F2N5O2/c21-16-2-1-15(17(22)14-16)13-19(28)26-7-5-25(6-8-26)18-3-4-23-20(24-18)27-9-11-29-12-10-27/h1-4,14H,5-13H2. The third-order valence-electron chi connectivity index (χ3n) is 5.24. The molecule has 0 spiro atoms. The fraction of sp³-hybridized carbons (Fsp3) is 0.450. The number of halogens is 2. The maximum Gasteiger partial charge on any atom is 0.227 e. The van der Waals surface area contributed by atoms with Crippen LogP contribution < -0.4 is 9.80 Å². The van der Waals surface area contributed by atoms with E-state index in [0.29, 0.717) is 45.3 Å². The molecule has 0 bridgehead atoms. The number of aromatic nitrogens is 2. The van der Waals surface area contributed by atoms with Gasteiger partial charge in [0.2, 0.25) is 11.9 Å². The van der Waals surface area contributed by atoms with E-state index in [0.717, 1.165) is 25.0 Å². The zero-order valence-electron chi connectivity index (χ0n) is 16.1. The Morgan fingerprint density at radius 1 is 1.00 bits per heavy atom. The molecule has 0 atom stereocenters. The summed E-state index contributed by atoms with van der Waals surface area (Å²) < 4.78 is 32.2. The average molecular weight is 403 g/mol. The molecule has 1 amide bonds. The van der Waals surface area contributed by atoms with Gasteiger partial charge in [0.25, 0.3) is 0 Å². The Kier molecular flexibility index (Phi) is 5.84. The molecule has 0 N–H and O–H groups in total. The number of benzene rings is 1. The first kappa shape index (κ1) is 19.5. The van der Waals surface area contributed by atoms with Crippen LogP contribution in [-0.2, 0) is 16.0 Å². The largest absolute Gasteiger partial charge is 0.378 e. The summed E-state index contributed by atoms with van der Waals surface area (Å²) in [5, 5.41) is 0. The first-order valence-corrected chi connectivity index (χ1v) is 9.72. The van der Waals surface area contributed by atoms with E-state index in [1.807, 2.05) is 6.07 Å². The van der Waals surface area contributed by atoms with Crippen LogP contribution in [-0.4, -0.2) is 73.3 Å². The number of carbonyl (C=O) groups excluding carboxylic acids is 1. The highest BCUT2D eigenvalue weighted by molar-refractivity contribution is 5.79. The van der Waals surface area contributed by atoms with Gasteiger partial charge >= 0.3 is 0 Å². The molecule has 1 aromatic carbocycles. The number of ether oxygens (including phenoxy) is 1. The van der Waals surface area contributed by atoms with Crippen molar-refractivity contribution in [1.29, 1.82) is 0 Å². The van der Waals surface area contributed by atoms with Crippen molar-refractivity contribution in [3.8, 4) is 0 Å². The van der Waals surface area contributed by atoms with Gasteiger partial charge in [-0.15, -0.1) is 0 Å². The van der Waals surface area contributed by atoms with Crippen molar-refractivity contribution in [2.75, 3.05) is 62.3 Å². The minimum Gasteiger partial charge on any atom is -0.378 e. The summed E-state index contributed by atoms with van der Waals surface area (Å²) in [5.74, 6) is 0.0309. The van der Waals surface area contributed by atoms with Crippen molar-refractivity contribution < 1.29 is 18.3 Å². The third-order valence-corrected chi connectivity index (χ3v) is 5.24. The first-order valence-electron chi connectivity index (χ1n) is 9.72. The van der Waals surface area contributed by atoms with Gasteiger partial charge in [0.15, 0.2) is 0 Å². The van der Waals surface area contributed by atoms with Crippen LogP contribution in [0.15, 0.2) is 30.5 Å². The number of piperazine rings is 1. The van der Waals surface area contributed by atoms with Crippen LogP contribution in [0.5, 0.6) is 0 Å². The summed E-state index contributed by atoms with van der Waals surface area (Å²) in [6.45, 7) is 5.20. The van der Waals surface area contributed by atoms with Crippen molar-refractivity contribution in [3.05, 3.63) is 47.7 Å². The number of rotatable bonds is 4. The molecule has 1 aromatic heterocycles. The maximum absolute atomic E-state index is 13.8. The van der Waals surface area contributed by atoms with Crippen molar-refractivity contribution in [2.24, 2.45) is 0 Å². The number of hydrogen-bond donors (Lipinski definition) is 0. The quantitative estimate of drug-likeness (QED) is 0.771. The second kappa shape index (κ2) is 8.69. The SMILES string of the molecule is O=C(Cc1ccc(F)cc1F)N1CCN(c2ccnc(N3CCOCC3)n2)CC1. The number of carbonyl (C=O) groups is 1. The number of amides is 1. The average Bonchev–Trinajstić information content (AvgIpc) is 2.76. The Bertz CT molecular complexity index is 868. The number of nitrogens with zero attached hydrogens (tertiary/aromatic N) is 5. The van der Waals surface area contributed by atoms with Gasteiger partial charge < -0.3 is 19.4 Å². The minimum absolute atomic E-state index is 0.0687. The van der Waals surface area contributed by atoms with Gasteiger partial charge in [-0.1, -0.05) is 6.07 Å². The fourth-order valence-electron chi connectivity index (χ4n) is 3.56. The van der Waals surface area contributed by atoms with E-state index in [1.165, 1.54) is 12.1 Å². The van der Waals surface area contributed by atoms with E-state index in [-0.39, 0.29) is 17.9 Å². The van der Waals surface area contributed by atoms with E-state index in [9.17, 15) is 13.6 Å². The smallest absolute Gasteiger partial charge is 0.227 e. The van der Waals surface area contributed by atoms with Gasteiger partial charge in [0.1, 0.15) is 17.5 Å². The second-order valence-electron chi connectivity index (χ2n) is 7.09. The zero-order valence-corrected chi connectivity index (χ0v) is 16.1. The van der Waals surface area contributed by atoms with Crippen molar-refractivity contribution >= 4 is 17.7 Å². The van der Waals surface area contributed by atoms with Crippen LogP contribution in [0, 0.1) is 11.6 Å². The molecule has 2 aliphatic rings. The van der Waals surface area contributed by atoms with Crippen molar-refractivity contribution in [3.63, 3.8) is 0 Å². The third kappa shape index (κ3) is 4.61. The van der Waals surface area contributed by atoms with Crippen LogP contribution in [0.2, 0.25) is 0 Å². The highest BCUT2D eigenvalue weighted by Gasteiger charge is 2.24. The molecule has 154 valence electrons. The molecule has 29 heavy (non-hydrogen) atoms. The first-order chi connectivity index (χ1) is 14.1. The lowest BCUT2D eigenvalue weighted by molar-refractivity contribution is -0.130. The number of morpholine rings is 1. The van der Waals surface area contributed by atoms with Gasteiger partial charge in [-0.2, -0.15) is 4.98 Å². The second-order valence-corrected chi connectivity index (χ2v) is 7.09. The summed E-state index contributed by atoms with van der Waals surface area (Å²) >= 11 is 0. The molecule has 9 heteroatoms. The Hall–Kier alpha value is -2.81. The topological polar surface area (TPSA) is 61.8 Å². The fourth-order valence-corrected chi connectivity index (χ4v) is 3.56. The predicted octanol–water partition coefficient (Wildman–Crippen LogP) is 1.48. The van der Waals surface area contributed by atoms with E-state index >= 15 is 0 Å². The highest BCUT2D eigenvalue weighted by Crippen LogP contribution is 2.18. The van der Waals surface area contributed by atoms with Crippen LogP contribution in [0.1, 0.15) is 5.56 Å². The molecule has 2 aromatic rings. The lowest BCUT2D eigenvalue weighted by Gasteiger charge is -2.36. The highest BCUT2D eigenvalue weighted by atomic mass is 19.1. The summed E-state index contributed by atoms with van der Waals surface area (Å²) in [7, 11) is 0. The number of anilines is 2. The van der Waals surface area contributed by atoms with Gasteiger partial charge in [-0.25, -0.2) is 13.8 Å². The molecular formula is C20H23F2N5O2. The van der Waals surface area contributed by atoms with Crippen molar-refractivity contribution in [2.45, 2.75) is 6.42 Å². The van der Waals surface area contributed by atoms with E-state index in [4.69, 9.17) is 4.74 Å². The molecule has 2 aliphatic heterocycles. The monoisotopic (exact) mass is 403 g/mol. The molecule has 2 fully saturated rings. The lowest BCUT2D eigenvalue weighted by Crippen LogP contribution is -2.49. The Morgan fingerprint density at radius 3 is 2.48 bits per heavy atom. The van der Waals surface area contributed by atoms with Crippen LogP contribution in [0.4, 0.5) is 20.5 Å². The maximum atomic E-state index is 13.8. The lowest BCUT2D eigenvalue weighted by atomic mass is 10.1. The van der Waals surface area contributed by atoms with Gasteiger partial charge in [-0.05, 0) is 17.7 Å². The van der Waals surface area contributed by atoms with Gasteiger partial charge in [0.05, 0.1) is 19.6 Å². The Balaban J connectivity index is 1.35. The van der Waals surface area contributed by atoms with E-state index in [1.54, 1.807) is 11.1 Å². The van der Waals surface area contributed by atoms with Crippen molar-refractivity contribution in [1.82, 2.24) is 14.9 Å². The Morgan fingerprint density at radius 2 is 1.76 bits per heavy atom. The summed E-state index contributed by atoms with van der Waals surface area (Å²) in [4.78, 5) is 27.5. The number of hydrogen-bond acceptors (Lipinski definition) is 6. The molecule has 2 saturated heterocycles.